The van der Waals surface area contributed by atoms with Crippen LogP contribution in [0.2, 0.25) is 0 Å². The summed E-state index contributed by atoms with van der Waals surface area (Å²) in [5.41, 5.74) is 1.39. The van der Waals surface area contributed by atoms with Gasteiger partial charge in [-0.3, -0.25) is 4.79 Å². The van der Waals surface area contributed by atoms with Gasteiger partial charge in [0.05, 0.1) is 0 Å². The highest BCUT2D eigenvalue weighted by atomic mass is 127. The number of amides is 1. The van der Waals surface area contributed by atoms with Gasteiger partial charge in [-0.25, -0.2) is 0 Å². The van der Waals surface area contributed by atoms with Crippen molar-refractivity contribution in [3.63, 3.8) is 0 Å². The molecule has 0 aromatic heterocycles. The molecule has 0 bridgehead atoms. The van der Waals surface area contributed by atoms with Gasteiger partial charge in [0.15, 0.2) is 0 Å². The van der Waals surface area contributed by atoms with E-state index in [1.54, 1.807) is 6.92 Å². The van der Waals surface area contributed by atoms with Gasteiger partial charge in [-0.2, -0.15) is 0 Å². The highest BCUT2D eigenvalue weighted by Crippen LogP contribution is 2.45. The average molecular weight is 398 g/mol. The van der Waals surface area contributed by atoms with E-state index in [1.165, 1.54) is 22.0 Å². The predicted molar refractivity (Wildman–Crippen MR) is 93.3 cm³/mol. The molecule has 1 amide bonds. The average Bonchev–Trinajstić information content (AvgIpc) is 3.26. The first-order chi connectivity index (χ1) is 10.1. The van der Waals surface area contributed by atoms with Crippen LogP contribution in [-0.4, -0.2) is 36.5 Å². The Morgan fingerprint density at radius 2 is 1.95 bits per heavy atom. The van der Waals surface area contributed by atoms with Crippen molar-refractivity contribution in [1.29, 1.82) is 0 Å². The first kappa shape index (κ1) is 15.3. The standard InChI is InChI=1S/C17H23IN2O/c1-12(21)20(11-13-6-8-19-9-7-13)17-10-16(17)14-2-4-15(18)5-3-14/h2-5,13,16-17,19H,6-11H2,1H3/t16-,17+/m1/s1. The maximum Gasteiger partial charge on any atom is 0.219 e. The molecule has 2 aliphatic rings. The first-order valence-electron chi connectivity index (χ1n) is 7.88. The van der Waals surface area contributed by atoms with Gasteiger partial charge < -0.3 is 10.2 Å². The largest absolute Gasteiger partial charge is 0.339 e. The van der Waals surface area contributed by atoms with Crippen molar-refractivity contribution in [2.75, 3.05) is 19.6 Å². The Labute approximate surface area is 140 Å². The number of rotatable bonds is 4. The fourth-order valence-electron chi connectivity index (χ4n) is 3.43. The Morgan fingerprint density at radius 3 is 2.57 bits per heavy atom. The van der Waals surface area contributed by atoms with Crippen LogP contribution < -0.4 is 5.32 Å². The number of hydrogen-bond acceptors (Lipinski definition) is 2. The van der Waals surface area contributed by atoms with Crippen LogP contribution in [0.5, 0.6) is 0 Å². The van der Waals surface area contributed by atoms with Gasteiger partial charge in [0, 0.05) is 29.0 Å². The van der Waals surface area contributed by atoms with E-state index in [2.05, 4.69) is 57.1 Å². The summed E-state index contributed by atoms with van der Waals surface area (Å²) in [6.07, 6.45) is 3.53. The number of hydrogen-bond donors (Lipinski definition) is 1. The third-order valence-corrected chi connectivity index (χ3v) is 5.49. The second kappa shape index (κ2) is 6.65. The Balaban J connectivity index is 1.63. The van der Waals surface area contributed by atoms with Gasteiger partial charge >= 0.3 is 0 Å². The minimum atomic E-state index is 0.242. The molecule has 1 heterocycles. The highest BCUT2D eigenvalue weighted by molar-refractivity contribution is 14.1. The first-order valence-corrected chi connectivity index (χ1v) is 8.96. The lowest BCUT2D eigenvalue weighted by molar-refractivity contribution is -0.130. The van der Waals surface area contributed by atoms with Crippen LogP contribution in [0.1, 0.15) is 37.7 Å². The number of carbonyl (C=O) groups is 1. The molecule has 1 saturated carbocycles. The van der Waals surface area contributed by atoms with Crippen LogP contribution in [-0.2, 0) is 4.79 Å². The second-order valence-electron chi connectivity index (χ2n) is 6.33. The zero-order chi connectivity index (χ0) is 14.8. The smallest absolute Gasteiger partial charge is 0.219 e. The van der Waals surface area contributed by atoms with Gasteiger partial charge in [0.2, 0.25) is 5.91 Å². The molecule has 0 radical (unpaired) electrons. The summed E-state index contributed by atoms with van der Waals surface area (Å²) >= 11 is 2.34. The van der Waals surface area contributed by atoms with Crippen molar-refractivity contribution >= 4 is 28.5 Å². The lowest BCUT2D eigenvalue weighted by atomic mass is 9.97. The lowest BCUT2D eigenvalue weighted by Crippen LogP contribution is -2.40. The fraction of sp³-hybridized carbons (Fsp3) is 0.588. The zero-order valence-corrected chi connectivity index (χ0v) is 14.7. The topological polar surface area (TPSA) is 32.3 Å². The Kier molecular flexibility index (Phi) is 4.84. The molecular formula is C17H23IN2O. The van der Waals surface area contributed by atoms with Crippen molar-refractivity contribution in [2.45, 2.75) is 38.1 Å². The number of nitrogens with one attached hydrogen (secondary N) is 1. The van der Waals surface area contributed by atoms with Crippen LogP contribution in [0, 0.1) is 9.49 Å². The Hall–Kier alpha value is -0.620. The molecule has 4 heteroatoms. The molecule has 114 valence electrons. The van der Waals surface area contributed by atoms with E-state index in [0.29, 0.717) is 17.9 Å². The summed E-state index contributed by atoms with van der Waals surface area (Å²) in [5, 5.41) is 3.40. The molecule has 1 saturated heterocycles. The zero-order valence-electron chi connectivity index (χ0n) is 12.5. The summed E-state index contributed by atoms with van der Waals surface area (Å²) in [6, 6.07) is 9.19. The number of halogens is 1. The molecule has 0 unspecified atom stereocenters. The van der Waals surface area contributed by atoms with Gasteiger partial charge in [-0.15, -0.1) is 0 Å². The van der Waals surface area contributed by atoms with Crippen molar-refractivity contribution in [3.8, 4) is 0 Å². The fourth-order valence-corrected chi connectivity index (χ4v) is 3.79. The third kappa shape index (κ3) is 3.77. The summed E-state index contributed by atoms with van der Waals surface area (Å²) < 4.78 is 1.27. The van der Waals surface area contributed by atoms with E-state index < -0.39 is 0 Å². The number of benzene rings is 1. The molecular weight excluding hydrogens is 375 g/mol. The summed E-state index contributed by atoms with van der Waals surface area (Å²) in [5.74, 6) is 1.47. The van der Waals surface area contributed by atoms with E-state index in [-0.39, 0.29) is 5.91 Å². The maximum absolute atomic E-state index is 12.0. The van der Waals surface area contributed by atoms with Gasteiger partial charge in [0.25, 0.3) is 0 Å². The van der Waals surface area contributed by atoms with Crippen LogP contribution >= 0.6 is 22.6 Å². The third-order valence-electron chi connectivity index (χ3n) is 4.77. The van der Waals surface area contributed by atoms with E-state index in [0.717, 1.165) is 26.1 Å². The van der Waals surface area contributed by atoms with E-state index in [4.69, 9.17) is 0 Å². The summed E-state index contributed by atoms with van der Waals surface area (Å²) in [7, 11) is 0. The molecule has 3 nitrogen and oxygen atoms in total. The molecule has 1 aromatic carbocycles. The molecule has 1 aliphatic heterocycles. The highest BCUT2D eigenvalue weighted by Gasteiger charge is 2.44. The molecule has 3 rings (SSSR count). The molecule has 2 atom stereocenters. The van der Waals surface area contributed by atoms with Crippen molar-refractivity contribution < 1.29 is 4.79 Å². The Bertz CT molecular complexity index is 496. The molecule has 1 N–H and O–H groups in total. The van der Waals surface area contributed by atoms with E-state index in [1.807, 2.05) is 0 Å². The number of carbonyl (C=O) groups excluding carboxylic acids is 1. The minimum Gasteiger partial charge on any atom is -0.339 e. The van der Waals surface area contributed by atoms with Crippen molar-refractivity contribution in [3.05, 3.63) is 33.4 Å². The quantitative estimate of drug-likeness (QED) is 0.792. The summed E-state index contributed by atoms with van der Waals surface area (Å²) in [4.78, 5) is 14.2. The van der Waals surface area contributed by atoms with Crippen molar-refractivity contribution in [1.82, 2.24) is 10.2 Å². The van der Waals surface area contributed by atoms with Crippen LogP contribution in [0.25, 0.3) is 0 Å². The van der Waals surface area contributed by atoms with Crippen LogP contribution in [0.3, 0.4) is 0 Å². The molecule has 21 heavy (non-hydrogen) atoms. The lowest BCUT2D eigenvalue weighted by Gasteiger charge is -2.30. The van der Waals surface area contributed by atoms with Gasteiger partial charge in [0.1, 0.15) is 0 Å². The molecule has 1 aliphatic carbocycles. The van der Waals surface area contributed by atoms with Crippen LogP contribution in [0.4, 0.5) is 0 Å². The van der Waals surface area contributed by atoms with Crippen molar-refractivity contribution in [2.24, 2.45) is 5.92 Å². The Morgan fingerprint density at radius 1 is 1.29 bits per heavy atom. The summed E-state index contributed by atoms with van der Waals surface area (Å²) in [6.45, 7) is 4.87. The normalized spacial score (nSPS) is 25.6. The SMILES string of the molecule is CC(=O)N(CC1CCNCC1)[C@H]1C[C@@H]1c1ccc(I)cc1. The molecule has 1 aromatic rings. The molecule has 2 fully saturated rings. The predicted octanol–water partition coefficient (Wildman–Crippen LogP) is 3.00. The van der Waals surface area contributed by atoms with Gasteiger partial charge in [-0.1, -0.05) is 12.1 Å². The number of nitrogens with zero attached hydrogens (tertiary/aromatic N) is 1. The second-order valence-corrected chi connectivity index (χ2v) is 7.57. The van der Waals surface area contributed by atoms with Crippen LogP contribution in [0.15, 0.2) is 24.3 Å². The van der Waals surface area contributed by atoms with E-state index >= 15 is 0 Å². The minimum absolute atomic E-state index is 0.242. The number of piperidine rings is 1. The molecule has 0 spiro atoms. The van der Waals surface area contributed by atoms with E-state index in [9.17, 15) is 4.79 Å². The maximum atomic E-state index is 12.0. The van der Waals surface area contributed by atoms with Gasteiger partial charge in [-0.05, 0) is 78.6 Å². The monoisotopic (exact) mass is 398 g/mol.